The van der Waals surface area contributed by atoms with Gasteiger partial charge in [-0.15, -0.1) is 11.3 Å². The minimum atomic E-state index is 0.106. The Labute approximate surface area is 147 Å². The number of thiazole rings is 1. The number of aryl methyl sites for hydroxylation is 1. The first-order valence-corrected chi connectivity index (χ1v) is 9.08. The molecule has 2 aromatic rings. The van der Waals surface area contributed by atoms with E-state index in [0.717, 1.165) is 42.0 Å². The Kier molecular flexibility index (Phi) is 6.30. The molecule has 7 nitrogen and oxygen atoms in total. The van der Waals surface area contributed by atoms with Gasteiger partial charge in [0.1, 0.15) is 18.7 Å². The van der Waals surface area contributed by atoms with Gasteiger partial charge in [0.2, 0.25) is 0 Å². The van der Waals surface area contributed by atoms with Crippen LogP contribution in [-0.4, -0.2) is 38.8 Å². The van der Waals surface area contributed by atoms with Gasteiger partial charge >= 0.3 is 0 Å². The molecule has 8 heteroatoms. The number of rotatable bonds is 6. The van der Waals surface area contributed by atoms with E-state index < -0.39 is 0 Å². The summed E-state index contributed by atoms with van der Waals surface area (Å²) in [6.07, 6.45) is 2.43. The highest BCUT2D eigenvalue weighted by Crippen LogP contribution is 2.23. The summed E-state index contributed by atoms with van der Waals surface area (Å²) in [6, 6.07) is 0. The van der Waals surface area contributed by atoms with Gasteiger partial charge in [-0.1, -0.05) is 20.8 Å². The second kappa shape index (κ2) is 8.23. The van der Waals surface area contributed by atoms with Crippen molar-refractivity contribution in [2.75, 3.05) is 13.1 Å². The normalized spacial score (nSPS) is 12.5. The lowest BCUT2D eigenvalue weighted by molar-refractivity contribution is 0.570. The van der Waals surface area contributed by atoms with Crippen molar-refractivity contribution in [1.29, 1.82) is 0 Å². The fraction of sp³-hybridized carbons (Fsp3) is 0.625. The molecule has 0 bridgehead atoms. The molecular formula is C16H27N7S. The van der Waals surface area contributed by atoms with Gasteiger partial charge in [-0.05, 0) is 6.92 Å². The van der Waals surface area contributed by atoms with Gasteiger partial charge in [-0.3, -0.25) is 4.68 Å². The van der Waals surface area contributed by atoms with Gasteiger partial charge < -0.3 is 10.6 Å². The number of nitrogens with zero attached hydrogens (tertiary/aromatic N) is 5. The molecule has 0 aliphatic carbocycles. The van der Waals surface area contributed by atoms with E-state index in [1.807, 2.05) is 7.05 Å². The maximum atomic E-state index is 4.72. The van der Waals surface area contributed by atoms with Crippen molar-refractivity contribution in [2.24, 2.45) is 12.0 Å². The third-order valence-electron chi connectivity index (χ3n) is 3.48. The standard InChI is InChI=1S/C16H27N7S/c1-6-17-15(19-9-13-20-11-21-23(13)5)18-8-7-14-22-12(10-24-14)16(2,3)4/h10-11H,6-9H2,1-5H3,(H2,17,18,19). The van der Waals surface area contributed by atoms with E-state index in [9.17, 15) is 0 Å². The molecule has 0 aromatic carbocycles. The summed E-state index contributed by atoms with van der Waals surface area (Å²) < 4.78 is 1.73. The molecule has 0 fully saturated rings. The number of aromatic nitrogens is 4. The SMILES string of the molecule is CCNC(=NCc1ncnn1C)NCCc1nc(C(C)(C)C)cs1. The van der Waals surface area contributed by atoms with E-state index in [1.165, 1.54) is 0 Å². The number of aliphatic imine (C=N–C) groups is 1. The van der Waals surface area contributed by atoms with E-state index in [0.29, 0.717) is 6.54 Å². The molecule has 2 heterocycles. The molecule has 0 spiro atoms. The van der Waals surface area contributed by atoms with Crippen LogP contribution in [0.4, 0.5) is 0 Å². The van der Waals surface area contributed by atoms with Crippen molar-refractivity contribution in [3.8, 4) is 0 Å². The van der Waals surface area contributed by atoms with Crippen LogP contribution >= 0.6 is 11.3 Å². The van der Waals surface area contributed by atoms with E-state index in [4.69, 9.17) is 4.98 Å². The smallest absolute Gasteiger partial charge is 0.191 e. The molecule has 0 atom stereocenters. The fourth-order valence-electron chi connectivity index (χ4n) is 2.01. The van der Waals surface area contributed by atoms with Crippen LogP contribution < -0.4 is 10.6 Å². The van der Waals surface area contributed by atoms with Crippen molar-refractivity contribution in [3.05, 3.63) is 28.2 Å². The Morgan fingerprint density at radius 1 is 1.33 bits per heavy atom. The number of guanidine groups is 1. The lowest BCUT2D eigenvalue weighted by atomic mass is 9.93. The van der Waals surface area contributed by atoms with Gasteiger partial charge in [-0.2, -0.15) is 5.10 Å². The van der Waals surface area contributed by atoms with Crippen LogP contribution in [0.2, 0.25) is 0 Å². The Balaban J connectivity index is 1.87. The average Bonchev–Trinajstić information content (AvgIpc) is 3.13. The highest BCUT2D eigenvalue weighted by Gasteiger charge is 2.17. The minimum Gasteiger partial charge on any atom is -0.357 e. The fourth-order valence-corrected chi connectivity index (χ4v) is 3.04. The van der Waals surface area contributed by atoms with E-state index in [-0.39, 0.29) is 5.41 Å². The Bertz CT molecular complexity index is 666. The Hall–Kier alpha value is -1.96. The lowest BCUT2D eigenvalue weighted by Crippen LogP contribution is -2.38. The zero-order chi connectivity index (χ0) is 17.6. The molecule has 132 valence electrons. The minimum absolute atomic E-state index is 0.106. The monoisotopic (exact) mass is 349 g/mol. The van der Waals surface area contributed by atoms with Crippen LogP contribution in [0.15, 0.2) is 16.7 Å². The summed E-state index contributed by atoms with van der Waals surface area (Å²) in [4.78, 5) is 13.4. The molecule has 2 aromatic heterocycles. The maximum absolute atomic E-state index is 4.72. The van der Waals surface area contributed by atoms with Crippen LogP contribution in [0.25, 0.3) is 0 Å². The van der Waals surface area contributed by atoms with Crippen LogP contribution in [0.5, 0.6) is 0 Å². The molecule has 0 radical (unpaired) electrons. The number of nitrogens with one attached hydrogen (secondary N) is 2. The summed E-state index contributed by atoms with van der Waals surface area (Å²) >= 11 is 1.72. The van der Waals surface area contributed by atoms with Gasteiger partial charge in [-0.25, -0.2) is 15.0 Å². The van der Waals surface area contributed by atoms with E-state index >= 15 is 0 Å². The van der Waals surface area contributed by atoms with Crippen molar-refractivity contribution in [3.63, 3.8) is 0 Å². The zero-order valence-electron chi connectivity index (χ0n) is 15.1. The number of hydrogen-bond donors (Lipinski definition) is 2. The first-order valence-electron chi connectivity index (χ1n) is 8.20. The molecule has 2 N–H and O–H groups in total. The second-order valence-corrected chi connectivity index (χ2v) is 7.49. The number of hydrogen-bond acceptors (Lipinski definition) is 5. The quantitative estimate of drug-likeness (QED) is 0.615. The first-order chi connectivity index (χ1) is 11.4. The Morgan fingerprint density at radius 2 is 2.12 bits per heavy atom. The van der Waals surface area contributed by atoms with Crippen LogP contribution in [-0.2, 0) is 25.4 Å². The first kappa shape index (κ1) is 18.4. The van der Waals surface area contributed by atoms with Gasteiger partial charge in [0.05, 0.1) is 10.7 Å². The van der Waals surface area contributed by atoms with Crippen molar-refractivity contribution < 1.29 is 0 Å². The topological polar surface area (TPSA) is 80.0 Å². The van der Waals surface area contributed by atoms with Crippen molar-refractivity contribution in [2.45, 2.75) is 46.1 Å². The summed E-state index contributed by atoms with van der Waals surface area (Å²) in [5, 5.41) is 13.9. The molecule has 0 aliphatic rings. The molecule has 2 rings (SSSR count). The van der Waals surface area contributed by atoms with Gasteiger partial charge in [0, 0.05) is 37.4 Å². The van der Waals surface area contributed by atoms with Crippen molar-refractivity contribution in [1.82, 2.24) is 30.4 Å². The molecule has 0 amide bonds. The van der Waals surface area contributed by atoms with Crippen LogP contribution in [0.1, 0.15) is 44.2 Å². The predicted molar refractivity (Wildman–Crippen MR) is 98.3 cm³/mol. The zero-order valence-corrected chi connectivity index (χ0v) is 15.9. The summed E-state index contributed by atoms with van der Waals surface area (Å²) in [7, 11) is 1.87. The maximum Gasteiger partial charge on any atom is 0.191 e. The highest BCUT2D eigenvalue weighted by molar-refractivity contribution is 7.09. The van der Waals surface area contributed by atoms with Crippen LogP contribution in [0.3, 0.4) is 0 Å². The average molecular weight is 350 g/mol. The van der Waals surface area contributed by atoms with Gasteiger partial charge in [0.15, 0.2) is 5.96 Å². The molecule has 0 aliphatic heterocycles. The third kappa shape index (κ3) is 5.30. The van der Waals surface area contributed by atoms with Gasteiger partial charge in [0.25, 0.3) is 0 Å². The molecule has 24 heavy (non-hydrogen) atoms. The molecule has 0 saturated carbocycles. The largest absolute Gasteiger partial charge is 0.357 e. The third-order valence-corrected chi connectivity index (χ3v) is 4.39. The highest BCUT2D eigenvalue weighted by atomic mass is 32.1. The van der Waals surface area contributed by atoms with Crippen molar-refractivity contribution >= 4 is 17.3 Å². The van der Waals surface area contributed by atoms with Crippen LogP contribution in [0, 0.1) is 0 Å². The molecule has 0 unspecified atom stereocenters. The lowest BCUT2D eigenvalue weighted by Gasteiger charge is -2.14. The second-order valence-electron chi connectivity index (χ2n) is 6.55. The molecule has 0 saturated heterocycles. The summed E-state index contributed by atoms with van der Waals surface area (Å²) in [5.41, 5.74) is 1.26. The van der Waals surface area contributed by atoms with E-state index in [1.54, 1.807) is 22.3 Å². The van der Waals surface area contributed by atoms with E-state index in [2.05, 4.69) is 58.8 Å². The summed E-state index contributed by atoms with van der Waals surface area (Å²) in [6.45, 7) is 10.7. The Morgan fingerprint density at radius 3 is 2.71 bits per heavy atom. The predicted octanol–water partition coefficient (Wildman–Crippen LogP) is 1.87. The molecular weight excluding hydrogens is 322 g/mol. The summed E-state index contributed by atoms with van der Waals surface area (Å²) in [5.74, 6) is 1.62.